The molecule has 0 amide bonds. The lowest BCUT2D eigenvalue weighted by atomic mass is 10.1. The first-order valence-corrected chi connectivity index (χ1v) is 6.46. The highest BCUT2D eigenvalue weighted by Gasteiger charge is 2.22. The second-order valence-electron chi connectivity index (χ2n) is 5.02. The molecule has 1 saturated heterocycles. The molecule has 0 saturated carbocycles. The summed E-state index contributed by atoms with van der Waals surface area (Å²) in [5.41, 5.74) is 8.00. The van der Waals surface area contributed by atoms with Crippen molar-refractivity contribution in [3.05, 3.63) is 29.8 Å². The van der Waals surface area contributed by atoms with Crippen LogP contribution in [0.15, 0.2) is 24.3 Å². The van der Waals surface area contributed by atoms with Crippen molar-refractivity contribution in [1.82, 2.24) is 9.80 Å². The summed E-state index contributed by atoms with van der Waals surface area (Å²) in [5.74, 6) is 0. The van der Waals surface area contributed by atoms with Crippen molar-refractivity contribution in [3.8, 4) is 0 Å². The normalized spacial score (nSPS) is 22.8. The fraction of sp³-hybridized carbons (Fsp3) is 0.571. The zero-order valence-corrected chi connectivity index (χ0v) is 10.9. The van der Waals surface area contributed by atoms with Crippen LogP contribution in [0.1, 0.15) is 18.9 Å². The number of hydrogen-bond acceptors (Lipinski definition) is 3. The van der Waals surface area contributed by atoms with Crippen LogP contribution < -0.4 is 5.73 Å². The number of rotatable bonds is 3. The number of nitrogens with two attached hydrogens (primary N) is 1. The molecule has 1 aliphatic rings. The number of piperazine rings is 1. The quantitative estimate of drug-likeness (QED) is 0.808. The Morgan fingerprint density at radius 1 is 1.35 bits per heavy atom. The molecule has 0 bridgehead atoms. The number of benzene rings is 1. The average molecular weight is 233 g/mol. The fourth-order valence-corrected chi connectivity index (χ4v) is 2.54. The summed E-state index contributed by atoms with van der Waals surface area (Å²) < 4.78 is 0. The summed E-state index contributed by atoms with van der Waals surface area (Å²) in [6, 6.07) is 8.93. The molecule has 0 aliphatic carbocycles. The second kappa shape index (κ2) is 5.52. The van der Waals surface area contributed by atoms with Crippen LogP contribution >= 0.6 is 0 Å². The van der Waals surface area contributed by atoms with E-state index in [1.54, 1.807) is 0 Å². The molecule has 1 atom stereocenters. The van der Waals surface area contributed by atoms with Crippen molar-refractivity contribution in [1.29, 1.82) is 0 Å². The number of nitrogen functional groups attached to an aromatic ring is 1. The Kier molecular flexibility index (Phi) is 4.02. The third-order valence-corrected chi connectivity index (χ3v) is 3.69. The Morgan fingerprint density at radius 3 is 2.88 bits per heavy atom. The van der Waals surface area contributed by atoms with E-state index >= 15 is 0 Å². The minimum Gasteiger partial charge on any atom is -0.399 e. The van der Waals surface area contributed by atoms with Crippen molar-refractivity contribution in [2.45, 2.75) is 25.9 Å². The summed E-state index contributed by atoms with van der Waals surface area (Å²) >= 11 is 0. The van der Waals surface area contributed by atoms with E-state index in [4.69, 9.17) is 5.73 Å². The van der Waals surface area contributed by atoms with Gasteiger partial charge in [-0.05, 0) is 31.2 Å². The van der Waals surface area contributed by atoms with Gasteiger partial charge in [0, 0.05) is 37.9 Å². The standard InChI is InChI=1S/C14H23N3/c1-3-14-11-17(8-7-16(14)2)10-12-5-4-6-13(15)9-12/h4-6,9,14H,3,7-8,10-11,15H2,1-2H3. The van der Waals surface area contributed by atoms with Crippen molar-refractivity contribution >= 4 is 5.69 Å². The maximum absolute atomic E-state index is 5.81. The van der Waals surface area contributed by atoms with Gasteiger partial charge in [0.2, 0.25) is 0 Å². The Hall–Kier alpha value is -1.06. The van der Waals surface area contributed by atoms with Gasteiger partial charge in [-0.1, -0.05) is 19.1 Å². The highest BCUT2D eigenvalue weighted by molar-refractivity contribution is 5.40. The van der Waals surface area contributed by atoms with E-state index in [9.17, 15) is 0 Å². The van der Waals surface area contributed by atoms with Gasteiger partial charge in [-0.3, -0.25) is 4.90 Å². The number of anilines is 1. The van der Waals surface area contributed by atoms with Crippen molar-refractivity contribution in [2.24, 2.45) is 0 Å². The Balaban J connectivity index is 1.95. The minimum atomic E-state index is 0.699. The van der Waals surface area contributed by atoms with Crippen LogP contribution in [0.25, 0.3) is 0 Å². The van der Waals surface area contributed by atoms with Gasteiger partial charge in [-0.15, -0.1) is 0 Å². The molecule has 3 nitrogen and oxygen atoms in total. The minimum absolute atomic E-state index is 0.699. The van der Waals surface area contributed by atoms with Crippen LogP contribution in [0, 0.1) is 0 Å². The largest absolute Gasteiger partial charge is 0.399 e. The second-order valence-corrected chi connectivity index (χ2v) is 5.02. The predicted octanol–water partition coefficient (Wildman–Crippen LogP) is 1.79. The van der Waals surface area contributed by atoms with Crippen LogP contribution in [-0.2, 0) is 6.54 Å². The Morgan fingerprint density at radius 2 is 2.18 bits per heavy atom. The zero-order valence-electron chi connectivity index (χ0n) is 10.9. The van der Waals surface area contributed by atoms with Gasteiger partial charge in [-0.25, -0.2) is 0 Å². The van der Waals surface area contributed by atoms with Crippen LogP contribution in [0.3, 0.4) is 0 Å². The van der Waals surface area contributed by atoms with E-state index < -0.39 is 0 Å². The molecular weight excluding hydrogens is 210 g/mol. The van der Waals surface area contributed by atoms with Crippen molar-refractivity contribution in [3.63, 3.8) is 0 Å². The highest BCUT2D eigenvalue weighted by Crippen LogP contribution is 2.15. The molecule has 94 valence electrons. The summed E-state index contributed by atoms with van der Waals surface area (Å²) in [5, 5.41) is 0. The third-order valence-electron chi connectivity index (χ3n) is 3.69. The van der Waals surface area contributed by atoms with Gasteiger partial charge in [0.25, 0.3) is 0 Å². The summed E-state index contributed by atoms with van der Waals surface area (Å²) in [6.45, 7) is 6.78. The lowest BCUT2D eigenvalue weighted by Gasteiger charge is -2.39. The predicted molar refractivity (Wildman–Crippen MR) is 72.8 cm³/mol. The number of likely N-dealkylation sites (N-methyl/N-ethyl adjacent to an activating group) is 1. The average Bonchev–Trinajstić information content (AvgIpc) is 2.32. The third kappa shape index (κ3) is 3.20. The highest BCUT2D eigenvalue weighted by atomic mass is 15.3. The molecule has 2 rings (SSSR count). The van der Waals surface area contributed by atoms with Crippen LogP contribution in [0.2, 0.25) is 0 Å². The van der Waals surface area contributed by atoms with Crippen LogP contribution in [0.5, 0.6) is 0 Å². The SMILES string of the molecule is CCC1CN(Cc2cccc(N)c2)CCN1C. The molecule has 1 aromatic rings. The first-order chi connectivity index (χ1) is 8.19. The summed E-state index contributed by atoms with van der Waals surface area (Å²) in [6.07, 6.45) is 1.23. The smallest absolute Gasteiger partial charge is 0.0317 e. The van der Waals surface area contributed by atoms with E-state index in [1.165, 1.54) is 25.1 Å². The van der Waals surface area contributed by atoms with Gasteiger partial charge in [0.1, 0.15) is 0 Å². The van der Waals surface area contributed by atoms with E-state index in [1.807, 2.05) is 12.1 Å². The van der Waals surface area contributed by atoms with Crippen LogP contribution in [0.4, 0.5) is 5.69 Å². The number of nitrogens with zero attached hydrogens (tertiary/aromatic N) is 2. The van der Waals surface area contributed by atoms with Gasteiger partial charge in [-0.2, -0.15) is 0 Å². The van der Waals surface area contributed by atoms with E-state index in [2.05, 4.69) is 35.9 Å². The van der Waals surface area contributed by atoms with Crippen molar-refractivity contribution < 1.29 is 0 Å². The van der Waals surface area contributed by atoms with Crippen molar-refractivity contribution in [2.75, 3.05) is 32.4 Å². The monoisotopic (exact) mass is 233 g/mol. The number of hydrogen-bond donors (Lipinski definition) is 1. The first-order valence-electron chi connectivity index (χ1n) is 6.46. The Labute approximate surface area is 104 Å². The molecule has 17 heavy (non-hydrogen) atoms. The molecule has 0 radical (unpaired) electrons. The molecule has 1 aliphatic heterocycles. The molecule has 0 aromatic heterocycles. The Bertz CT molecular complexity index is 364. The molecule has 1 heterocycles. The van der Waals surface area contributed by atoms with E-state index in [0.717, 1.165) is 18.8 Å². The van der Waals surface area contributed by atoms with Gasteiger partial charge >= 0.3 is 0 Å². The molecule has 1 aromatic carbocycles. The van der Waals surface area contributed by atoms with Crippen LogP contribution in [-0.4, -0.2) is 42.5 Å². The van der Waals surface area contributed by atoms with Gasteiger partial charge in [0.15, 0.2) is 0 Å². The molecule has 1 unspecified atom stereocenters. The zero-order chi connectivity index (χ0) is 12.3. The maximum Gasteiger partial charge on any atom is 0.0317 e. The fourth-order valence-electron chi connectivity index (χ4n) is 2.54. The maximum atomic E-state index is 5.81. The molecule has 0 spiro atoms. The molecule has 2 N–H and O–H groups in total. The molecular formula is C14H23N3. The molecule has 3 heteroatoms. The molecule has 1 fully saturated rings. The lowest BCUT2D eigenvalue weighted by Crippen LogP contribution is -2.50. The summed E-state index contributed by atoms with van der Waals surface area (Å²) in [4.78, 5) is 5.00. The lowest BCUT2D eigenvalue weighted by molar-refractivity contribution is 0.0884. The van der Waals surface area contributed by atoms with Gasteiger partial charge < -0.3 is 10.6 Å². The first kappa shape index (κ1) is 12.4. The topological polar surface area (TPSA) is 32.5 Å². The van der Waals surface area contributed by atoms with E-state index in [0.29, 0.717) is 6.04 Å². The van der Waals surface area contributed by atoms with Gasteiger partial charge in [0.05, 0.1) is 0 Å². The van der Waals surface area contributed by atoms with E-state index in [-0.39, 0.29) is 0 Å². The summed E-state index contributed by atoms with van der Waals surface area (Å²) in [7, 11) is 2.23.